The minimum absolute atomic E-state index is 0.182. The largest absolute Gasteiger partial charge is 0.396 e. The van der Waals surface area contributed by atoms with Crippen molar-refractivity contribution in [2.45, 2.75) is 71.6 Å². The summed E-state index contributed by atoms with van der Waals surface area (Å²) in [4.78, 5) is 0. The van der Waals surface area contributed by atoms with Gasteiger partial charge in [0.1, 0.15) is 0 Å². The maximum Gasteiger partial charge on any atom is 0.0487 e. The molecule has 0 amide bonds. The van der Waals surface area contributed by atoms with Crippen LogP contribution >= 0.6 is 0 Å². The monoisotopic (exact) mass is 288 g/mol. The summed E-state index contributed by atoms with van der Waals surface area (Å²) < 4.78 is 0. The number of fused-ring (bicyclic) bond motifs is 3. The molecule has 6 atom stereocenters. The molecule has 4 rings (SSSR count). The molecule has 0 aromatic heterocycles. The fourth-order valence-corrected chi connectivity index (χ4v) is 7.68. The summed E-state index contributed by atoms with van der Waals surface area (Å²) in [6.45, 7) is 9.77. The Morgan fingerprint density at radius 1 is 1.10 bits per heavy atom. The first-order valence-corrected chi connectivity index (χ1v) is 9.22. The van der Waals surface area contributed by atoms with Crippen molar-refractivity contribution in [3.05, 3.63) is 12.2 Å². The predicted molar refractivity (Wildman–Crippen MR) is 86.9 cm³/mol. The van der Waals surface area contributed by atoms with Gasteiger partial charge in [0.2, 0.25) is 0 Å². The molecule has 0 radical (unpaired) electrons. The molecule has 21 heavy (non-hydrogen) atoms. The fourth-order valence-electron chi connectivity index (χ4n) is 7.68. The quantitative estimate of drug-likeness (QED) is 0.677. The zero-order valence-corrected chi connectivity index (χ0v) is 14.0. The van der Waals surface area contributed by atoms with Crippen molar-refractivity contribution in [3.63, 3.8) is 0 Å². The summed E-state index contributed by atoms with van der Waals surface area (Å²) in [5, 5.41) is 10.1. The molecule has 0 unspecified atom stereocenters. The third kappa shape index (κ3) is 1.73. The van der Waals surface area contributed by atoms with E-state index < -0.39 is 0 Å². The van der Waals surface area contributed by atoms with E-state index in [0.717, 1.165) is 17.8 Å². The Kier molecular flexibility index (Phi) is 2.98. The molecule has 1 nitrogen and oxygen atoms in total. The van der Waals surface area contributed by atoms with Crippen LogP contribution in [0.4, 0.5) is 0 Å². The number of hydrogen-bond donors (Lipinski definition) is 1. The van der Waals surface area contributed by atoms with Crippen LogP contribution in [-0.2, 0) is 0 Å². The topological polar surface area (TPSA) is 20.2 Å². The van der Waals surface area contributed by atoms with Crippen LogP contribution in [0.3, 0.4) is 0 Å². The van der Waals surface area contributed by atoms with Crippen LogP contribution in [-0.4, -0.2) is 11.7 Å². The van der Waals surface area contributed by atoms with Gasteiger partial charge in [-0.2, -0.15) is 0 Å². The van der Waals surface area contributed by atoms with Crippen molar-refractivity contribution >= 4 is 0 Å². The Balaban J connectivity index is 1.73. The molecule has 4 aliphatic rings. The minimum Gasteiger partial charge on any atom is -0.396 e. The van der Waals surface area contributed by atoms with E-state index in [1.54, 1.807) is 5.57 Å². The molecule has 0 saturated heterocycles. The van der Waals surface area contributed by atoms with E-state index in [2.05, 4.69) is 20.4 Å². The lowest BCUT2D eigenvalue weighted by Crippen LogP contribution is -2.57. The van der Waals surface area contributed by atoms with E-state index in [1.807, 2.05) is 0 Å². The molecule has 0 aromatic rings. The highest BCUT2D eigenvalue weighted by Crippen LogP contribution is 2.72. The van der Waals surface area contributed by atoms with Gasteiger partial charge in [-0.3, -0.25) is 0 Å². The van der Waals surface area contributed by atoms with E-state index in [1.165, 1.54) is 57.8 Å². The smallest absolute Gasteiger partial charge is 0.0487 e. The molecular weight excluding hydrogens is 256 g/mol. The van der Waals surface area contributed by atoms with Gasteiger partial charge in [0.05, 0.1) is 0 Å². The van der Waals surface area contributed by atoms with Gasteiger partial charge in [-0.15, -0.1) is 0 Å². The highest BCUT2D eigenvalue weighted by molar-refractivity contribution is 5.22. The van der Waals surface area contributed by atoms with Gasteiger partial charge in [-0.1, -0.05) is 32.4 Å². The normalized spacial score (nSPS) is 56.0. The number of aliphatic hydroxyl groups is 1. The molecule has 4 saturated carbocycles. The fraction of sp³-hybridized carbons (Fsp3) is 0.900. The Bertz CT molecular complexity index is 468. The lowest BCUT2D eigenvalue weighted by atomic mass is 9.41. The van der Waals surface area contributed by atoms with Crippen molar-refractivity contribution in [1.29, 1.82) is 0 Å². The Hall–Kier alpha value is -0.300. The minimum atomic E-state index is 0.182. The predicted octanol–water partition coefficient (Wildman–Crippen LogP) is 4.95. The van der Waals surface area contributed by atoms with Gasteiger partial charge in [0, 0.05) is 6.61 Å². The van der Waals surface area contributed by atoms with Crippen LogP contribution in [0.2, 0.25) is 0 Å². The van der Waals surface area contributed by atoms with E-state index >= 15 is 0 Å². The Morgan fingerprint density at radius 2 is 1.90 bits per heavy atom. The van der Waals surface area contributed by atoms with Gasteiger partial charge in [0.15, 0.2) is 0 Å². The standard InChI is InChI=1S/C20H32O/c1-14-11-20-10-7-16-18(2,13-21)8-4-9-19(16,3)17(20)6-5-15(14)12-20/h15-17,21H,1,4-13H2,2-3H3/t15-,16-,17-,18+,19-,20-/m1/s1. The molecular formula is C20H32O. The molecule has 1 N–H and O–H groups in total. The summed E-state index contributed by atoms with van der Waals surface area (Å²) in [6.07, 6.45) is 12.3. The number of allylic oxidation sites excluding steroid dienone is 1. The van der Waals surface area contributed by atoms with Crippen molar-refractivity contribution in [2.75, 3.05) is 6.61 Å². The zero-order valence-electron chi connectivity index (χ0n) is 14.0. The molecule has 2 bridgehead atoms. The molecule has 4 aliphatic carbocycles. The van der Waals surface area contributed by atoms with Gasteiger partial charge in [-0.05, 0) is 85.4 Å². The van der Waals surface area contributed by atoms with Gasteiger partial charge in [0.25, 0.3) is 0 Å². The SMILES string of the molecule is C=C1C[C@@]23CC[C@@H]4[C@](C)(CO)CCC[C@@]4(C)[C@H]2CC[C@@H]1C3. The lowest BCUT2D eigenvalue weighted by Gasteiger charge is -2.64. The Morgan fingerprint density at radius 3 is 2.67 bits per heavy atom. The van der Waals surface area contributed by atoms with Crippen LogP contribution in [0.5, 0.6) is 0 Å². The van der Waals surface area contributed by atoms with Crippen LogP contribution in [0.15, 0.2) is 12.2 Å². The summed E-state index contributed by atoms with van der Waals surface area (Å²) in [7, 11) is 0. The first-order chi connectivity index (χ1) is 9.94. The summed E-state index contributed by atoms with van der Waals surface area (Å²) in [6, 6.07) is 0. The highest BCUT2D eigenvalue weighted by atomic mass is 16.3. The van der Waals surface area contributed by atoms with Gasteiger partial charge < -0.3 is 5.11 Å². The first-order valence-electron chi connectivity index (χ1n) is 9.22. The van der Waals surface area contributed by atoms with Gasteiger partial charge >= 0.3 is 0 Å². The third-order valence-electron chi connectivity index (χ3n) is 8.54. The van der Waals surface area contributed by atoms with E-state index in [-0.39, 0.29) is 5.41 Å². The second-order valence-electron chi connectivity index (χ2n) is 9.49. The number of rotatable bonds is 1. The highest BCUT2D eigenvalue weighted by Gasteiger charge is 2.63. The summed E-state index contributed by atoms with van der Waals surface area (Å²) >= 11 is 0. The Labute approximate surface area is 130 Å². The van der Waals surface area contributed by atoms with Crippen LogP contribution in [0.1, 0.15) is 71.6 Å². The van der Waals surface area contributed by atoms with Crippen molar-refractivity contribution in [1.82, 2.24) is 0 Å². The van der Waals surface area contributed by atoms with Gasteiger partial charge in [-0.25, -0.2) is 0 Å². The van der Waals surface area contributed by atoms with E-state index in [9.17, 15) is 5.11 Å². The maximum absolute atomic E-state index is 10.1. The molecule has 1 spiro atoms. The van der Waals surface area contributed by atoms with Crippen LogP contribution < -0.4 is 0 Å². The average molecular weight is 288 g/mol. The average Bonchev–Trinajstić information content (AvgIpc) is 2.68. The number of aliphatic hydroxyl groups excluding tert-OH is 1. The second kappa shape index (κ2) is 4.37. The first kappa shape index (κ1) is 14.3. The van der Waals surface area contributed by atoms with Crippen molar-refractivity contribution < 1.29 is 5.11 Å². The number of hydrogen-bond acceptors (Lipinski definition) is 1. The maximum atomic E-state index is 10.1. The lowest BCUT2D eigenvalue weighted by molar-refractivity contribution is -0.158. The molecule has 0 heterocycles. The molecule has 0 aromatic carbocycles. The van der Waals surface area contributed by atoms with E-state index in [4.69, 9.17) is 0 Å². The summed E-state index contributed by atoms with van der Waals surface area (Å²) in [5.74, 6) is 2.48. The molecule has 4 fully saturated rings. The molecule has 1 heteroatoms. The van der Waals surface area contributed by atoms with Crippen molar-refractivity contribution in [2.24, 2.45) is 34.0 Å². The molecule has 0 aliphatic heterocycles. The molecule has 118 valence electrons. The summed E-state index contributed by atoms with van der Waals surface area (Å²) in [5.41, 5.74) is 2.82. The second-order valence-corrected chi connectivity index (χ2v) is 9.49. The van der Waals surface area contributed by atoms with Crippen molar-refractivity contribution in [3.8, 4) is 0 Å². The zero-order chi connectivity index (χ0) is 14.9. The third-order valence-corrected chi connectivity index (χ3v) is 8.54. The van der Waals surface area contributed by atoms with Crippen LogP contribution in [0.25, 0.3) is 0 Å². The van der Waals surface area contributed by atoms with E-state index in [0.29, 0.717) is 17.4 Å². The van der Waals surface area contributed by atoms with Crippen LogP contribution in [0, 0.1) is 34.0 Å².